The van der Waals surface area contributed by atoms with Crippen molar-refractivity contribution in [2.75, 3.05) is 38.3 Å². The first-order valence-corrected chi connectivity index (χ1v) is 12.2. The number of hydrogen-bond acceptors (Lipinski definition) is 5. The van der Waals surface area contributed by atoms with E-state index in [0.29, 0.717) is 55.2 Å². The minimum Gasteiger partial charge on any atom is -0.381 e. The lowest BCUT2D eigenvalue weighted by Crippen LogP contribution is -2.30. The largest absolute Gasteiger partial charge is 0.416 e. The second-order valence-electron chi connectivity index (χ2n) is 10.1. The Bertz CT molecular complexity index is 1410. The predicted molar refractivity (Wildman–Crippen MR) is 134 cm³/mol. The van der Waals surface area contributed by atoms with Gasteiger partial charge in [-0.25, -0.2) is 4.98 Å². The molecule has 3 aromatic rings. The van der Waals surface area contributed by atoms with Gasteiger partial charge in [-0.1, -0.05) is 0 Å². The van der Waals surface area contributed by atoms with Crippen molar-refractivity contribution in [1.82, 2.24) is 14.5 Å². The Morgan fingerprint density at radius 2 is 1.76 bits per heavy atom. The number of fused-ring (bicyclic) bond motifs is 2. The molecule has 3 heterocycles. The lowest BCUT2D eigenvalue weighted by atomic mass is 9.97. The van der Waals surface area contributed by atoms with Crippen molar-refractivity contribution in [1.29, 1.82) is 0 Å². The molecule has 1 amide bonds. The number of benzene rings is 2. The number of hydrogen-bond donors (Lipinski definition) is 0. The minimum atomic E-state index is -4.62. The van der Waals surface area contributed by atoms with E-state index in [1.807, 2.05) is 4.90 Å². The number of aromatic nitrogens is 2. The van der Waals surface area contributed by atoms with Crippen LogP contribution in [0.3, 0.4) is 0 Å². The second kappa shape index (κ2) is 9.16. The van der Waals surface area contributed by atoms with E-state index in [2.05, 4.69) is 4.98 Å². The SMILES string of the molecule is Cc1nc2cc(C(F)(F)F)c(C(C)N(C)c3ccc(C(=O)N4CC5COCC5C4)cc3)cc2c(=O)n1C. The van der Waals surface area contributed by atoms with Gasteiger partial charge in [0.2, 0.25) is 0 Å². The Morgan fingerprint density at radius 3 is 2.35 bits per heavy atom. The number of aryl methyl sites for hydroxylation is 1. The van der Waals surface area contributed by atoms with E-state index in [1.165, 1.54) is 10.6 Å². The van der Waals surface area contributed by atoms with E-state index >= 15 is 0 Å². The van der Waals surface area contributed by atoms with Crippen LogP contribution in [0.1, 0.15) is 40.3 Å². The Balaban J connectivity index is 1.43. The van der Waals surface area contributed by atoms with Gasteiger partial charge >= 0.3 is 6.18 Å². The van der Waals surface area contributed by atoms with Crippen LogP contribution in [0.25, 0.3) is 10.9 Å². The number of likely N-dealkylation sites (tertiary alicyclic amines) is 1. The molecule has 37 heavy (non-hydrogen) atoms. The maximum atomic E-state index is 14.1. The normalized spacial score (nSPS) is 20.4. The number of ether oxygens (including phenoxy) is 1. The van der Waals surface area contributed by atoms with E-state index in [4.69, 9.17) is 4.74 Å². The predicted octanol–water partition coefficient (Wildman–Crippen LogP) is 4.18. The fraction of sp³-hybridized carbons (Fsp3) is 0.444. The van der Waals surface area contributed by atoms with Gasteiger partial charge in [-0.15, -0.1) is 0 Å². The van der Waals surface area contributed by atoms with Crippen LogP contribution in [0.2, 0.25) is 0 Å². The number of rotatable bonds is 4. The molecule has 7 nitrogen and oxygen atoms in total. The zero-order valence-corrected chi connectivity index (χ0v) is 21.2. The molecular formula is C27H29F3N4O3. The van der Waals surface area contributed by atoms with Gasteiger partial charge in [-0.05, 0) is 55.8 Å². The first-order valence-electron chi connectivity index (χ1n) is 12.2. The number of amides is 1. The molecule has 196 valence electrons. The lowest BCUT2D eigenvalue weighted by Gasteiger charge is -2.30. The van der Waals surface area contributed by atoms with Gasteiger partial charge in [0.25, 0.3) is 11.5 Å². The number of alkyl halides is 3. The summed E-state index contributed by atoms with van der Waals surface area (Å²) in [7, 11) is 3.24. The number of carbonyl (C=O) groups is 1. The zero-order chi connectivity index (χ0) is 26.6. The smallest absolute Gasteiger partial charge is 0.381 e. The van der Waals surface area contributed by atoms with Gasteiger partial charge in [-0.2, -0.15) is 13.2 Å². The Labute approximate surface area is 212 Å². The number of halogens is 3. The molecule has 2 saturated heterocycles. The van der Waals surface area contributed by atoms with Crippen molar-refractivity contribution in [3.8, 4) is 0 Å². The molecule has 3 atom stereocenters. The van der Waals surface area contributed by atoms with Gasteiger partial charge in [0.15, 0.2) is 0 Å². The summed E-state index contributed by atoms with van der Waals surface area (Å²) in [6, 6.07) is 8.44. The average molecular weight is 515 g/mol. The molecule has 1 aromatic heterocycles. The van der Waals surface area contributed by atoms with Crippen LogP contribution in [0.5, 0.6) is 0 Å². The standard InChI is InChI=1S/C27H29F3N4O3/c1-15(21-9-22-24(10-23(21)27(28,29)30)31-16(2)33(4)26(22)36)32(3)20-7-5-17(6-8-20)25(35)34-11-18-13-37-14-19(18)12-34/h5-10,15,18-19H,11-14H2,1-4H3. The Kier molecular flexibility index (Phi) is 6.26. The Hall–Kier alpha value is -3.40. The molecule has 0 radical (unpaired) electrons. The summed E-state index contributed by atoms with van der Waals surface area (Å²) in [5.74, 6) is 1.06. The second-order valence-corrected chi connectivity index (χ2v) is 10.1. The first-order chi connectivity index (χ1) is 17.5. The topological polar surface area (TPSA) is 67.7 Å². The summed E-state index contributed by atoms with van der Waals surface area (Å²) in [4.78, 5) is 33.5. The van der Waals surface area contributed by atoms with Crippen molar-refractivity contribution in [2.45, 2.75) is 26.1 Å². The third-order valence-corrected chi connectivity index (χ3v) is 7.86. The minimum absolute atomic E-state index is 0.0174. The number of anilines is 1. The Morgan fingerprint density at radius 1 is 1.14 bits per heavy atom. The molecule has 2 aliphatic rings. The summed E-state index contributed by atoms with van der Waals surface area (Å²) in [6.07, 6.45) is -4.62. The number of nitrogens with zero attached hydrogens (tertiary/aromatic N) is 4. The van der Waals surface area contributed by atoms with E-state index in [-0.39, 0.29) is 22.4 Å². The molecule has 0 spiro atoms. The highest BCUT2D eigenvalue weighted by Crippen LogP contribution is 2.39. The highest BCUT2D eigenvalue weighted by atomic mass is 19.4. The molecule has 0 saturated carbocycles. The average Bonchev–Trinajstić information content (AvgIpc) is 3.48. The molecule has 2 aliphatic heterocycles. The highest BCUT2D eigenvalue weighted by Gasteiger charge is 2.39. The van der Waals surface area contributed by atoms with Crippen molar-refractivity contribution in [3.05, 3.63) is 69.3 Å². The van der Waals surface area contributed by atoms with Crippen LogP contribution in [0.15, 0.2) is 41.2 Å². The lowest BCUT2D eigenvalue weighted by molar-refractivity contribution is -0.138. The highest BCUT2D eigenvalue weighted by molar-refractivity contribution is 5.94. The van der Waals surface area contributed by atoms with E-state index in [0.717, 1.165) is 6.07 Å². The van der Waals surface area contributed by atoms with Crippen molar-refractivity contribution in [3.63, 3.8) is 0 Å². The molecule has 2 aromatic carbocycles. The van der Waals surface area contributed by atoms with Crippen LogP contribution in [0.4, 0.5) is 18.9 Å². The van der Waals surface area contributed by atoms with Gasteiger partial charge < -0.3 is 14.5 Å². The zero-order valence-electron chi connectivity index (χ0n) is 21.2. The van der Waals surface area contributed by atoms with Crippen LogP contribution in [-0.4, -0.2) is 53.7 Å². The fourth-order valence-corrected chi connectivity index (χ4v) is 5.34. The maximum absolute atomic E-state index is 14.1. The summed E-state index contributed by atoms with van der Waals surface area (Å²) >= 11 is 0. The van der Waals surface area contributed by atoms with Gasteiger partial charge in [0.1, 0.15) is 5.82 Å². The summed E-state index contributed by atoms with van der Waals surface area (Å²) in [6.45, 7) is 5.97. The summed E-state index contributed by atoms with van der Waals surface area (Å²) < 4.78 is 49.0. The summed E-state index contributed by atoms with van der Waals surface area (Å²) in [5, 5.41) is 0.137. The maximum Gasteiger partial charge on any atom is 0.416 e. The van der Waals surface area contributed by atoms with Crippen molar-refractivity contribution in [2.24, 2.45) is 18.9 Å². The van der Waals surface area contributed by atoms with Gasteiger partial charge in [0, 0.05) is 50.3 Å². The third-order valence-electron chi connectivity index (χ3n) is 7.86. The molecular weight excluding hydrogens is 485 g/mol. The molecule has 0 aliphatic carbocycles. The van der Waals surface area contributed by atoms with Crippen LogP contribution < -0.4 is 10.5 Å². The van der Waals surface area contributed by atoms with E-state index < -0.39 is 23.3 Å². The van der Waals surface area contributed by atoms with Crippen molar-refractivity contribution >= 4 is 22.5 Å². The van der Waals surface area contributed by atoms with Gasteiger partial charge in [0.05, 0.1) is 35.7 Å². The fourth-order valence-electron chi connectivity index (χ4n) is 5.34. The first kappa shape index (κ1) is 25.3. The summed E-state index contributed by atoms with van der Waals surface area (Å²) in [5.41, 5.74) is -0.0258. The van der Waals surface area contributed by atoms with Crippen LogP contribution in [0, 0.1) is 18.8 Å². The molecule has 2 fully saturated rings. The molecule has 3 unspecified atom stereocenters. The van der Waals surface area contributed by atoms with E-state index in [9.17, 15) is 22.8 Å². The number of carbonyl (C=O) groups excluding carboxylic acids is 1. The molecule has 5 rings (SSSR count). The third kappa shape index (κ3) is 4.47. The monoisotopic (exact) mass is 514 g/mol. The molecule has 0 N–H and O–H groups in total. The van der Waals surface area contributed by atoms with Crippen LogP contribution >= 0.6 is 0 Å². The molecule has 10 heteroatoms. The quantitative estimate of drug-likeness (QED) is 0.523. The van der Waals surface area contributed by atoms with Gasteiger partial charge in [-0.3, -0.25) is 14.2 Å². The molecule has 0 bridgehead atoms. The van der Waals surface area contributed by atoms with Crippen LogP contribution in [-0.2, 0) is 18.0 Å². The van der Waals surface area contributed by atoms with E-state index in [1.54, 1.807) is 57.1 Å². The van der Waals surface area contributed by atoms with Crippen molar-refractivity contribution < 1.29 is 22.7 Å².